The van der Waals surface area contributed by atoms with Gasteiger partial charge in [-0.3, -0.25) is 0 Å². The van der Waals surface area contributed by atoms with Crippen LogP contribution in [0.4, 0.5) is 5.13 Å². The van der Waals surface area contributed by atoms with Crippen LogP contribution in [0.1, 0.15) is 31.9 Å². The summed E-state index contributed by atoms with van der Waals surface area (Å²) < 4.78 is 5.89. The van der Waals surface area contributed by atoms with Crippen LogP contribution in [-0.4, -0.2) is 49.8 Å². The van der Waals surface area contributed by atoms with E-state index < -0.39 is 0 Å². The van der Waals surface area contributed by atoms with Gasteiger partial charge in [-0.2, -0.15) is 0 Å². The Bertz CT molecular complexity index is 530. The number of aromatic nitrogens is 1. The summed E-state index contributed by atoms with van der Waals surface area (Å²) in [6.45, 7) is 3.54. The molecule has 3 rings (SSSR count). The zero-order chi connectivity index (χ0) is 15.5. The van der Waals surface area contributed by atoms with Gasteiger partial charge in [0.15, 0.2) is 11.1 Å². The van der Waals surface area contributed by atoms with E-state index in [9.17, 15) is 0 Å². The highest BCUT2D eigenvalue weighted by molar-refractivity contribution is 7.13. The zero-order valence-corrected chi connectivity index (χ0v) is 14.3. The average Bonchev–Trinajstić information content (AvgIpc) is 3.21. The third-order valence-corrected chi connectivity index (χ3v) is 5.15. The number of hydrogen-bond acceptors (Lipinski definition) is 5. The van der Waals surface area contributed by atoms with Crippen molar-refractivity contribution in [1.29, 1.82) is 0 Å². The molecule has 2 N–H and O–H groups in total. The summed E-state index contributed by atoms with van der Waals surface area (Å²) in [6, 6.07) is 0.393. The van der Waals surface area contributed by atoms with E-state index in [0.29, 0.717) is 24.8 Å². The van der Waals surface area contributed by atoms with Crippen molar-refractivity contribution in [2.75, 3.05) is 25.5 Å². The van der Waals surface area contributed by atoms with Crippen molar-refractivity contribution >= 4 is 22.4 Å². The van der Waals surface area contributed by atoms with Gasteiger partial charge in [0.1, 0.15) is 0 Å². The lowest BCUT2D eigenvalue weighted by Gasteiger charge is -2.22. The van der Waals surface area contributed by atoms with Gasteiger partial charge in [-0.05, 0) is 26.2 Å². The Hall–Kier alpha value is -1.34. The molecule has 7 heteroatoms. The van der Waals surface area contributed by atoms with Crippen molar-refractivity contribution < 1.29 is 4.74 Å². The molecule has 22 heavy (non-hydrogen) atoms. The minimum absolute atomic E-state index is 0.355. The number of aliphatic imine (C=N–C) groups is 1. The Morgan fingerprint density at radius 1 is 1.50 bits per heavy atom. The summed E-state index contributed by atoms with van der Waals surface area (Å²) in [6.07, 6.45) is 4.28. The highest BCUT2D eigenvalue weighted by Crippen LogP contribution is 2.34. The Morgan fingerprint density at radius 3 is 2.95 bits per heavy atom. The summed E-state index contributed by atoms with van der Waals surface area (Å²) in [5.74, 6) is 0.864. The van der Waals surface area contributed by atoms with E-state index >= 15 is 0 Å². The number of hydrogen-bond donors (Lipinski definition) is 2. The fourth-order valence-corrected chi connectivity index (χ4v) is 3.77. The number of thiazole rings is 1. The second-order valence-electron chi connectivity index (χ2n) is 6.07. The monoisotopic (exact) mass is 323 g/mol. The highest BCUT2D eigenvalue weighted by atomic mass is 32.1. The summed E-state index contributed by atoms with van der Waals surface area (Å²) in [7, 11) is 4.01. The first-order valence-corrected chi connectivity index (χ1v) is 8.85. The Morgan fingerprint density at radius 2 is 2.36 bits per heavy atom. The maximum atomic E-state index is 5.89. The van der Waals surface area contributed by atoms with Crippen molar-refractivity contribution in [2.24, 2.45) is 4.99 Å². The molecule has 0 saturated carbocycles. The van der Waals surface area contributed by atoms with Crippen LogP contribution in [0.3, 0.4) is 0 Å². The van der Waals surface area contributed by atoms with Gasteiger partial charge in [0.25, 0.3) is 0 Å². The second kappa shape index (κ2) is 6.83. The van der Waals surface area contributed by atoms with Crippen LogP contribution in [0.15, 0.2) is 10.4 Å². The molecule has 0 amide bonds. The van der Waals surface area contributed by atoms with Crippen LogP contribution in [0, 0.1) is 0 Å². The molecular formula is C15H25N5OS. The van der Waals surface area contributed by atoms with Crippen molar-refractivity contribution in [3.8, 4) is 0 Å². The Kier molecular flexibility index (Phi) is 4.83. The Balaban J connectivity index is 1.59. The van der Waals surface area contributed by atoms with Gasteiger partial charge in [0.2, 0.25) is 0 Å². The first-order valence-electron chi connectivity index (χ1n) is 7.97. The minimum Gasteiger partial charge on any atom is -0.373 e. The summed E-state index contributed by atoms with van der Waals surface area (Å²) >= 11 is 1.65. The van der Waals surface area contributed by atoms with E-state index in [1.165, 1.54) is 12.8 Å². The van der Waals surface area contributed by atoms with Gasteiger partial charge in [0, 0.05) is 26.0 Å². The van der Waals surface area contributed by atoms with E-state index in [4.69, 9.17) is 4.74 Å². The van der Waals surface area contributed by atoms with Gasteiger partial charge in [-0.1, -0.05) is 0 Å². The first-order chi connectivity index (χ1) is 10.7. The number of rotatable bonds is 5. The van der Waals surface area contributed by atoms with Gasteiger partial charge < -0.3 is 20.3 Å². The van der Waals surface area contributed by atoms with Crippen LogP contribution in [-0.2, 0) is 11.3 Å². The van der Waals surface area contributed by atoms with E-state index in [1.807, 2.05) is 19.0 Å². The number of nitrogens with zero attached hydrogens (tertiary/aromatic N) is 3. The number of guanidine groups is 1. The lowest BCUT2D eigenvalue weighted by atomic mass is 9.96. The largest absolute Gasteiger partial charge is 0.373 e. The van der Waals surface area contributed by atoms with Gasteiger partial charge >= 0.3 is 0 Å². The lowest BCUT2D eigenvalue weighted by Crippen LogP contribution is -2.47. The predicted octanol–water partition coefficient (Wildman–Crippen LogP) is 1.58. The summed E-state index contributed by atoms with van der Waals surface area (Å²) in [4.78, 5) is 11.3. The van der Waals surface area contributed by atoms with Crippen LogP contribution in [0.2, 0.25) is 0 Å². The lowest BCUT2D eigenvalue weighted by molar-refractivity contribution is 0.0992. The van der Waals surface area contributed by atoms with Crippen molar-refractivity contribution in [3.05, 3.63) is 11.1 Å². The molecule has 3 unspecified atom stereocenters. The van der Waals surface area contributed by atoms with E-state index in [1.54, 1.807) is 11.3 Å². The van der Waals surface area contributed by atoms with Crippen LogP contribution >= 0.6 is 11.3 Å². The molecule has 2 saturated heterocycles. The van der Waals surface area contributed by atoms with Gasteiger partial charge in [-0.15, -0.1) is 11.3 Å². The van der Waals surface area contributed by atoms with Gasteiger partial charge in [-0.25, -0.2) is 9.98 Å². The standard InChI is InChI=1S/C15H25N5OS/c1-4-16-14(19-12-7-11-5-6-13(12)21-11)17-8-10-9-22-15(18-10)20(2)3/h9,11-13H,4-8H2,1-3H3,(H2,16,17,19). The number of ether oxygens (including phenoxy) is 1. The van der Waals surface area contributed by atoms with E-state index in [2.05, 4.69) is 32.9 Å². The maximum absolute atomic E-state index is 5.89. The van der Waals surface area contributed by atoms with E-state index in [0.717, 1.165) is 29.8 Å². The number of nitrogens with one attached hydrogen (secondary N) is 2. The van der Waals surface area contributed by atoms with Gasteiger partial charge in [0.05, 0.1) is 30.5 Å². The molecule has 122 valence electrons. The zero-order valence-electron chi connectivity index (χ0n) is 13.5. The summed E-state index contributed by atoms with van der Waals surface area (Å²) in [5, 5.41) is 9.94. The molecule has 3 heterocycles. The number of anilines is 1. The fourth-order valence-electron chi connectivity index (χ4n) is 3.02. The van der Waals surface area contributed by atoms with Crippen molar-refractivity contribution in [1.82, 2.24) is 15.6 Å². The molecule has 0 aromatic carbocycles. The quantitative estimate of drug-likeness (QED) is 0.636. The van der Waals surface area contributed by atoms with Crippen molar-refractivity contribution in [2.45, 2.75) is 51.0 Å². The van der Waals surface area contributed by atoms with Crippen molar-refractivity contribution in [3.63, 3.8) is 0 Å². The predicted molar refractivity (Wildman–Crippen MR) is 90.7 cm³/mol. The molecule has 1 aromatic rings. The van der Waals surface area contributed by atoms with E-state index in [-0.39, 0.29) is 0 Å². The molecule has 2 bridgehead atoms. The molecule has 0 aliphatic carbocycles. The minimum atomic E-state index is 0.355. The normalized spacial score (nSPS) is 27.2. The third-order valence-electron chi connectivity index (χ3n) is 4.09. The topological polar surface area (TPSA) is 61.8 Å². The van der Waals surface area contributed by atoms with Crippen LogP contribution < -0.4 is 15.5 Å². The summed E-state index contributed by atoms with van der Waals surface area (Å²) in [5.41, 5.74) is 1.01. The molecule has 1 aromatic heterocycles. The second-order valence-corrected chi connectivity index (χ2v) is 6.91. The highest BCUT2D eigenvalue weighted by Gasteiger charge is 2.41. The molecule has 3 atom stereocenters. The molecule has 2 aliphatic rings. The molecule has 2 fully saturated rings. The molecular weight excluding hydrogens is 298 g/mol. The number of fused-ring (bicyclic) bond motifs is 2. The van der Waals surface area contributed by atoms with Crippen LogP contribution in [0.25, 0.3) is 0 Å². The maximum Gasteiger partial charge on any atom is 0.191 e. The molecule has 0 radical (unpaired) electrons. The smallest absolute Gasteiger partial charge is 0.191 e. The average molecular weight is 323 g/mol. The molecule has 2 aliphatic heterocycles. The van der Waals surface area contributed by atoms with Crippen LogP contribution in [0.5, 0.6) is 0 Å². The Labute approximate surface area is 136 Å². The first kappa shape index (κ1) is 15.6. The molecule has 6 nitrogen and oxygen atoms in total. The fraction of sp³-hybridized carbons (Fsp3) is 0.733. The SMILES string of the molecule is CCNC(=NCc1csc(N(C)C)n1)NC1CC2CCC1O2. The molecule has 0 spiro atoms. The third kappa shape index (κ3) is 3.52.